The van der Waals surface area contributed by atoms with E-state index in [2.05, 4.69) is 29.0 Å². The molecule has 4 nitrogen and oxygen atoms in total. The molecule has 4 heteroatoms. The molecule has 2 N–H and O–H groups in total. The third-order valence-corrected chi connectivity index (χ3v) is 3.65. The Labute approximate surface area is 119 Å². The predicted octanol–water partition coefficient (Wildman–Crippen LogP) is 2.33. The quantitative estimate of drug-likeness (QED) is 0.909. The van der Waals surface area contributed by atoms with E-state index in [1.165, 1.54) is 11.1 Å². The van der Waals surface area contributed by atoms with Crippen molar-refractivity contribution in [1.82, 2.24) is 9.97 Å². The van der Waals surface area contributed by atoms with Crippen LogP contribution in [0.4, 0.5) is 0 Å². The van der Waals surface area contributed by atoms with Crippen molar-refractivity contribution < 1.29 is 4.74 Å². The van der Waals surface area contributed by atoms with Gasteiger partial charge in [-0.2, -0.15) is 0 Å². The summed E-state index contributed by atoms with van der Waals surface area (Å²) in [6.45, 7) is 6.57. The maximum Gasteiger partial charge on any atom is 0.132 e. The Morgan fingerprint density at radius 3 is 2.85 bits per heavy atom. The fourth-order valence-electron chi connectivity index (χ4n) is 2.70. The molecule has 0 radical (unpaired) electrons. The fourth-order valence-corrected chi connectivity index (χ4v) is 2.70. The Morgan fingerprint density at radius 2 is 2.10 bits per heavy atom. The number of rotatable bonds is 2. The van der Waals surface area contributed by atoms with E-state index in [4.69, 9.17) is 10.5 Å². The van der Waals surface area contributed by atoms with Crippen molar-refractivity contribution in [3.63, 3.8) is 0 Å². The second-order valence-electron chi connectivity index (χ2n) is 5.43. The molecule has 3 rings (SSSR count). The molecule has 0 aliphatic carbocycles. The number of aryl methyl sites for hydroxylation is 3. The van der Waals surface area contributed by atoms with Crippen molar-refractivity contribution >= 4 is 0 Å². The topological polar surface area (TPSA) is 61.0 Å². The van der Waals surface area contributed by atoms with Gasteiger partial charge in [-0.25, -0.2) is 9.97 Å². The molecule has 0 saturated carbocycles. The van der Waals surface area contributed by atoms with Crippen LogP contribution >= 0.6 is 0 Å². The molecule has 2 heterocycles. The fraction of sp³-hybridized carbons (Fsp3) is 0.375. The third-order valence-electron chi connectivity index (χ3n) is 3.65. The largest absolute Gasteiger partial charge is 0.488 e. The van der Waals surface area contributed by atoms with Gasteiger partial charge in [0.25, 0.3) is 0 Å². The average Bonchev–Trinajstić information content (AvgIpc) is 2.83. The van der Waals surface area contributed by atoms with Crippen LogP contribution in [0.2, 0.25) is 0 Å². The molecule has 2 aromatic rings. The number of nitrogens with zero attached hydrogens (tertiary/aromatic N) is 2. The molecule has 1 aliphatic rings. The van der Waals surface area contributed by atoms with Crippen LogP contribution in [-0.4, -0.2) is 22.6 Å². The highest BCUT2D eigenvalue weighted by atomic mass is 16.5. The van der Waals surface area contributed by atoms with E-state index in [1.54, 1.807) is 0 Å². The Hall–Kier alpha value is -1.94. The molecule has 1 atom stereocenters. The first-order chi connectivity index (χ1) is 9.58. The third kappa shape index (κ3) is 2.16. The Balaban J connectivity index is 2.18. The van der Waals surface area contributed by atoms with Crippen LogP contribution in [-0.2, 0) is 6.42 Å². The molecule has 0 amide bonds. The van der Waals surface area contributed by atoms with Crippen molar-refractivity contribution in [3.05, 3.63) is 40.8 Å². The number of hydrogen-bond acceptors (Lipinski definition) is 4. The van der Waals surface area contributed by atoms with Gasteiger partial charge in [-0.1, -0.05) is 6.07 Å². The number of benzene rings is 1. The normalized spacial score (nSPS) is 16.9. The number of fused-ring (bicyclic) bond motifs is 1. The summed E-state index contributed by atoms with van der Waals surface area (Å²) in [5.74, 6) is 1.71. The van der Waals surface area contributed by atoms with Crippen molar-refractivity contribution in [3.8, 4) is 17.0 Å². The van der Waals surface area contributed by atoms with Crippen LogP contribution in [0.15, 0.2) is 18.3 Å². The number of hydrogen-bond donors (Lipinski definition) is 1. The van der Waals surface area contributed by atoms with Crippen LogP contribution in [0.25, 0.3) is 11.3 Å². The van der Waals surface area contributed by atoms with Crippen LogP contribution in [0.1, 0.15) is 22.5 Å². The van der Waals surface area contributed by atoms with E-state index >= 15 is 0 Å². The standard InChI is InChI=1S/C16H19N3O/c1-9-4-12-6-13(7-17)20-16(12)14(5-9)15-10(2)8-18-11(3)19-15/h4-5,8,13H,6-7,17H2,1-3H3/t13-/m1/s1. The first kappa shape index (κ1) is 13.1. The lowest BCUT2D eigenvalue weighted by atomic mass is 9.99. The lowest BCUT2D eigenvalue weighted by Gasteiger charge is -2.13. The van der Waals surface area contributed by atoms with E-state index in [0.717, 1.165) is 34.8 Å². The van der Waals surface area contributed by atoms with E-state index in [1.807, 2.05) is 20.0 Å². The Kier molecular flexibility index (Phi) is 3.18. The first-order valence-corrected chi connectivity index (χ1v) is 6.89. The highest BCUT2D eigenvalue weighted by Crippen LogP contribution is 2.39. The molecule has 0 fully saturated rings. The summed E-state index contributed by atoms with van der Waals surface area (Å²) < 4.78 is 6.01. The zero-order valence-electron chi connectivity index (χ0n) is 12.1. The van der Waals surface area contributed by atoms with Crippen LogP contribution < -0.4 is 10.5 Å². The van der Waals surface area contributed by atoms with Crippen LogP contribution in [0, 0.1) is 20.8 Å². The molecule has 1 aliphatic heterocycles. The first-order valence-electron chi connectivity index (χ1n) is 6.89. The smallest absolute Gasteiger partial charge is 0.132 e. The second-order valence-corrected chi connectivity index (χ2v) is 5.43. The van der Waals surface area contributed by atoms with Crippen LogP contribution in [0.3, 0.4) is 0 Å². The van der Waals surface area contributed by atoms with E-state index in [0.29, 0.717) is 6.54 Å². The van der Waals surface area contributed by atoms with Crippen molar-refractivity contribution in [2.75, 3.05) is 6.54 Å². The minimum absolute atomic E-state index is 0.0776. The zero-order valence-corrected chi connectivity index (χ0v) is 12.1. The van der Waals surface area contributed by atoms with E-state index in [-0.39, 0.29) is 6.10 Å². The van der Waals surface area contributed by atoms with Crippen LogP contribution in [0.5, 0.6) is 5.75 Å². The summed E-state index contributed by atoms with van der Waals surface area (Å²) in [7, 11) is 0. The summed E-state index contributed by atoms with van der Waals surface area (Å²) in [6.07, 6.45) is 2.82. The molecule has 20 heavy (non-hydrogen) atoms. The SMILES string of the molecule is Cc1cc2c(c(-c3nc(C)ncc3C)c1)O[C@@H](CN)C2. The molecular formula is C16H19N3O. The van der Waals surface area contributed by atoms with Gasteiger partial charge in [0, 0.05) is 24.7 Å². The maximum absolute atomic E-state index is 6.01. The molecule has 0 bridgehead atoms. The molecule has 0 unspecified atom stereocenters. The summed E-state index contributed by atoms with van der Waals surface area (Å²) in [5.41, 5.74) is 11.3. The second kappa shape index (κ2) is 4.87. The Bertz CT molecular complexity index is 667. The highest BCUT2D eigenvalue weighted by Gasteiger charge is 2.26. The average molecular weight is 269 g/mol. The predicted molar refractivity (Wildman–Crippen MR) is 78.9 cm³/mol. The van der Waals surface area contributed by atoms with Gasteiger partial charge in [0.05, 0.1) is 5.69 Å². The van der Waals surface area contributed by atoms with Gasteiger partial charge in [0.1, 0.15) is 17.7 Å². The Morgan fingerprint density at radius 1 is 1.30 bits per heavy atom. The lowest BCUT2D eigenvalue weighted by Crippen LogP contribution is -2.24. The summed E-state index contributed by atoms with van der Waals surface area (Å²) in [6, 6.07) is 4.31. The summed E-state index contributed by atoms with van der Waals surface area (Å²) in [4.78, 5) is 8.83. The van der Waals surface area contributed by atoms with Gasteiger partial charge in [-0.05, 0) is 43.5 Å². The van der Waals surface area contributed by atoms with Gasteiger partial charge >= 0.3 is 0 Å². The van der Waals surface area contributed by atoms with Gasteiger partial charge in [0.15, 0.2) is 0 Å². The molecule has 104 valence electrons. The van der Waals surface area contributed by atoms with Crippen molar-refractivity contribution in [2.24, 2.45) is 5.73 Å². The summed E-state index contributed by atoms with van der Waals surface area (Å²) in [5, 5.41) is 0. The molecule has 0 saturated heterocycles. The summed E-state index contributed by atoms with van der Waals surface area (Å²) >= 11 is 0. The zero-order chi connectivity index (χ0) is 14.3. The van der Waals surface area contributed by atoms with Gasteiger partial charge < -0.3 is 10.5 Å². The van der Waals surface area contributed by atoms with Gasteiger partial charge in [-0.15, -0.1) is 0 Å². The van der Waals surface area contributed by atoms with E-state index in [9.17, 15) is 0 Å². The highest BCUT2D eigenvalue weighted by molar-refractivity contribution is 5.73. The van der Waals surface area contributed by atoms with Crippen molar-refractivity contribution in [2.45, 2.75) is 33.3 Å². The number of aromatic nitrogens is 2. The molecule has 1 aromatic carbocycles. The molecule has 0 spiro atoms. The number of nitrogens with two attached hydrogens (primary N) is 1. The van der Waals surface area contributed by atoms with Crippen molar-refractivity contribution in [1.29, 1.82) is 0 Å². The minimum atomic E-state index is 0.0776. The maximum atomic E-state index is 6.01. The monoisotopic (exact) mass is 269 g/mol. The minimum Gasteiger partial charge on any atom is -0.488 e. The van der Waals surface area contributed by atoms with Gasteiger partial charge in [0.2, 0.25) is 0 Å². The number of ether oxygens (including phenoxy) is 1. The molecular weight excluding hydrogens is 250 g/mol. The molecule has 1 aromatic heterocycles. The van der Waals surface area contributed by atoms with Gasteiger partial charge in [-0.3, -0.25) is 0 Å². The lowest BCUT2D eigenvalue weighted by molar-refractivity contribution is 0.242. The van der Waals surface area contributed by atoms with E-state index < -0.39 is 0 Å².